The van der Waals surface area contributed by atoms with Crippen LogP contribution in [0.15, 0.2) is 11.6 Å². The molecule has 0 bridgehead atoms. The molecule has 10 heavy (non-hydrogen) atoms. The number of aliphatic carboxylic acids is 1. The van der Waals surface area contributed by atoms with Gasteiger partial charge in [0.15, 0.2) is 0 Å². The van der Waals surface area contributed by atoms with Gasteiger partial charge in [-0.2, -0.15) is 0 Å². The summed E-state index contributed by atoms with van der Waals surface area (Å²) >= 11 is 0. The molecule has 4 heteroatoms. The third kappa shape index (κ3) is 1.55. The van der Waals surface area contributed by atoms with E-state index in [1.807, 2.05) is 0 Å². The number of nitrogens with one attached hydrogen (secondary N) is 1. The smallest absolute Gasteiger partial charge is 0.328 e. The lowest BCUT2D eigenvalue weighted by Gasteiger charge is -2.02. The molecule has 1 fully saturated rings. The molecular formula is C6H10N2O2. The summed E-state index contributed by atoms with van der Waals surface area (Å²) in [5.74, 6) is -0.922. The summed E-state index contributed by atoms with van der Waals surface area (Å²) in [5, 5.41) is 11.3. The monoisotopic (exact) mass is 142 g/mol. The van der Waals surface area contributed by atoms with Crippen LogP contribution in [0.1, 0.15) is 6.42 Å². The van der Waals surface area contributed by atoms with Crippen molar-refractivity contribution in [2.45, 2.75) is 12.6 Å². The SMILES string of the molecule is NC1NCC/C1=C\C(=O)O. The fourth-order valence-electron chi connectivity index (χ4n) is 0.979. The summed E-state index contributed by atoms with van der Waals surface area (Å²) in [6, 6.07) is 0. The summed E-state index contributed by atoms with van der Waals surface area (Å²) < 4.78 is 0. The van der Waals surface area contributed by atoms with E-state index in [1.165, 1.54) is 6.08 Å². The molecule has 1 aliphatic heterocycles. The van der Waals surface area contributed by atoms with Crippen LogP contribution in [0.4, 0.5) is 0 Å². The Kier molecular flexibility index (Phi) is 2.03. The van der Waals surface area contributed by atoms with Gasteiger partial charge in [0, 0.05) is 12.6 Å². The first kappa shape index (κ1) is 7.24. The maximum absolute atomic E-state index is 10.1. The second-order valence-corrected chi connectivity index (χ2v) is 2.24. The van der Waals surface area contributed by atoms with Gasteiger partial charge in [-0.15, -0.1) is 0 Å². The van der Waals surface area contributed by atoms with Crippen molar-refractivity contribution in [1.82, 2.24) is 5.32 Å². The molecule has 1 heterocycles. The van der Waals surface area contributed by atoms with Crippen molar-refractivity contribution in [3.63, 3.8) is 0 Å². The van der Waals surface area contributed by atoms with Crippen LogP contribution < -0.4 is 11.1 Å². The zero-order valence-corrected chi connectivity index (χ0v) is 5.50. The normalized spacial score (nSPS) is 29.3. The van der Waals surface area contributed by atoms with E-state index in [0.29, 0.717) is 0 Å². The van der Waals surface area contributed by atoms with Crippen molar-refractivity contribution in [3.05, 3.63) is 11.6 Å². The van der Waals surface area contributed by atoms with E-state index >= 15 is 0 Å². The molecule has 1 saturated heterocycles. The van der Waals surface area contributed by atoms with Gasteiger partial charge in [0.1, 0.15) is 0 Å². The third-order valence-corrected chi connectivity index (χ3v) is 1.49. The number of carbonyl (C=O) groups is 1. The van der Waals surface area contributed by atoms with Gasteiger partial charge >= 0.3 is 5.97 Å². The molecule has 0 aromatic heterocycles. The quantitative estimate of drug-likeness (QED) is 0.422. The van der Waals surface area contributed by atoms with Crippen LogP contribution in [-0.2, 0) is 4.79 Å². The number of hydrogen-bond acceptors (Lipinski definition) is 3. The van der Waals surface area contributed by atoms with Crippen molar-refractivity contribution in [3.8, 4) is 0 Å². The van der Waals surface area contributed by atoms with Gasteiger partial charge in [0.05, 0.1) is 6.17 Å². The van der Waals surface area contributed by atoms with Crippen molar-refractivity contribution in [2.24, 2.45) is 5.73 Å². The van der Waals surface area contributed by atoms with Gasteiger partial charge in [0.25, 0.3) is 0 Å². The number of carboxylic acids is 1. The van der Waals surface area contributed by atoms with Gasteiger partial charge in [-0.25, -0.2) is 4.79 Å². The summed E-state index contributed by atoms with van der Waals surface area (Å²) in [5.41, 5.74) is 6.26. The number of hydrogen-bond donors (Lipinski definition) is 3. The molecule has 56 valence electrons. The Hall–Kier alpha value is -0.870. The van der Waals surface area contributed by atoms with Gasteiger partial charge in [-0.3, -0.25) is 5.32 Å². The van der Waals surface area contributed by atoms with E-state index in [4.69, 9.17) is 10.8 Å². The lowest BCUT2D eigenvalue weighted by atomic mass is 10.2. The Morgan fingerprint density at radius 2 is 2.60 bits per heavy atom. The fraction of sp³-hybridized carbons (Fsp3) is 0.500. The predicted molar refractivity (Wildman–Crippen MR) is 36.3 cm³/mol. The molecule has 0 amide bonds. The maximum atomic E-state index is 10.1. The Balaban J connectivity index is 2.62. The van der Waals surface area contributed by atoms with Crippen LogP contribution in [0.25, 0.3) is 0 Å². The molecule has 0 aromatic carbocycles. The standard InChI is InChI=1S/C6H10N2O2/c7-6-4(1-2-8-6)3-5(9)10/h3,6,8H,1-2,7H2,(H,9,10)/b4-3+. The van der Waals surface area contributed by atoms with Crippen LogP contribution in [0.2, 0.25) is 0 Å². The van der Waals surface area contributed by atoms with E-state index in [1.54, 1.807) is 0 Å². The molecule has 1 atom stereocenters. The van der Waals surface area contributed by atoms with E-state index < -0.39 is 5.97 Å². The molecule has 1 aliphatic rings. The van der Waals surface area contributed by atoms with E-state index in [9.17, 15) is 4.79 Å². The lowest BCUT2D eigenvalue weighted by molar-refractivity contribution is -0.131. The Morgan fingerprint density at radius 1 is 1.90 bits per heavy atom. The van der Waals surface area contributed by atoms with Crippen molar-refractivity contribution >= 4 is 5.97 Å². The van der Waals surface area contributed by atoms with Gasteiger partial charge in [0.2, 0.25) is 0 Å². The van der Waals surface area contributed by atoms with Crippen LogP contribution in [0, 0.1) is 0 Å². The van der Waals surface area contributed by atoms with Crippen molar-refractivity contribution < 1.29 is 9.90 Å². The van der Waals surface area contributed by atoms with E-state index in [-0.39, 0.29) is 6.17 Å². The van der Waals surface area contributed by atoms with Crippen LogP contribution >= 0.6 is 0 Å². The number of carboxylic acid groups (broad SMARTS) is 1. The molecule has 0 aromatic rings. The minimum absolute atomic E-state index is 0.254. The predicted octanol–water partition coefficient (Wildman–Crippen LogP) is -0.724. The maximum Gasteiger partial charge on any atom is 0.328 e. The topological polar surface area (TPSA) is 75.3 Å². The van der Waals surface area contributed by atoms with Crippen molar-refractivity contribution in [2.75, 3.05) is 6.54 Å². The Bertz CT molecular complexity index is 177. The number of rotatable bonds is 1. The van der Waals surface area contributed by atoms with Crippen molar-refractivity contribution in [1.29, 1.82) is 0 Å². The first-order valence-electron chi connectivity index (χ1n) is 3.12. The van der Waals surface area contributed by atoms with Crippen LogP contribution in [0.3, 0.4) is 0 Å². The molecule has 0 saturated carbocycles. The molecule has 1 unspecified atom stereocenters. The summed E-state index contributed by atoms with van der Waals surface area (Å²) in [6.45, 7) is 0.778. The largest absolute Gasteiger partial charge is 0.478 e. The first-order valence-corrected chi connectivity index (χ1v) is 3.12. The minimum Gasteiger partial charge on any atom is -0.478 e. The second kappa shape index (κ2) is 2.81. The van der Waals surface area contributed by atoms with Gasteiger partial charge in [-0.1, -0.05) is 0 Å². The van der Waals surface area contributed by atoms with Crippen LogP contribution in [0.5, 0.6) is 0 Å². The van der Waals surface area contributed by atoms with E-state index in [0.717, 1.165) is 18.5 Å². The highest BCUT2D eigenvalue weighted by Gasteiger charge is 2.15. The molecule has 4 N–H and O–H groups in total. The highest BCUT2D eigenvalue weighted by atomic mass is 16.4. The van der Waals surface area contributed by atoms with E-state index in [2.05, 4.69) is 5.32 Å². The molecule has 0 radical (unpaired) electrons. The third-order valence-electron chi connectivity index (χ3n) is 1.49. The molecular weight excluding hydrogens is 132 g/mol. The molecule has 1 rings (SSSR count). The van der Waals surface area contributed by atoms with Gasteiger partial charge < -0.3 is 10.8 Å². The zero-order chi connectivity index (χ0) is 7.56. The summed E-state index contributed by atoms with van der Waals surface area (Å²) in [4.78, 5) is 10.1. The fourth-order valence-corrected chi connectivity index (χ4v) is 0.979. The first-order chi connectivity index (χ1) is 4.70. The highest BCUT2D eigenvalue weighted by molar-refractivity contribution is 5.81. The molecule has 0 spiro atoms. The minimum atomic E-state index is -0.922. The Morgan fingerprint density at radius 3 is 3.00 bits per heavy atom. The highest BCUT2D eigenvalue weighted by Crippen LogP contribution is 2.08. The molecule has 4 nitrogen and oxygen atoms in total. The lowest BCUT2D eigenvalue weighted by Crippen LogP contribution is -2.32. The summed E-state index contributed by atoms with van der Waals surface area (Å²) in [6.07, 6.45) is 1.66. The average Bonchev–Trinajstić information content (AvgIpc) is 2.15. The average molecular weight is 142 g/mol. The zero-order valence-electron chi connectivity index (χ0n) is 5.50. The van der Waals surface area contributed by atoms with Gasteiger partial charge in [-0.05, 0) is 12.0 Å². The Labute approximate surface area is 58.7 Å². The number of nitrogens with two attached hydrogens (primary N) is 1. The second-order valence-electron chi connectivity index (χ2n) is 2.24. The molecule has 0 aliphatic carbocycles. The van der Waals surface area contributed by atoms with Crippen LogP contribution in [-0.4, -0.2) is 23.8 Å². The summed E-state index contributed by atoms with van der Waals surface area (Å²) in [7, 11) is 0.